The number of halogens is 3. The molecule has 3 nitrogen and oxygen atoms in total. The highest BCUT2D eigenvalue weighted by Crippen LogP contribution is 2.38. The molecule has 0 aromatic heterocycles. The second-order valence-electron chi connectivity index (χ2n) is 5.30. The van der Waals surface area contributed by atoms with Crippen LogP contribution in [0.1, 0.15) is 5.56 Å². The zero-order valence-electron chi connectivity index (χ0n) is 12.5. The minimum absolute atomic E-state index is 0.166. The number of anilines is 1. The Hall–Kier alpha value is -1.79. The van der Waals surface area contributed by atoms with E-state index in [0.717, 1.165) is 11.3 Å². The number of hydrogen-bond acceptors (Lipinski definition) is 3. The zero-order chi connectivity index (χ0) is 17.1. The summed E-state index contributed by atoms with van der Waals surface area (Å²) in [6.07, 6.45) is 0.542. The molecule has 7 heteroatoms. The van der Waals surface area contributed by atoms with Crippen LogP contribution >= 0.6 is 23.4 Å². The van der Waals surface area contributed by atoms with E-state index in [-0.39, 0.29) is 34.0 Å². The predicted molar refractivity (Wildman–Crippen MR) is 91.1 cm³/mol. The molecule has 0 aliphatic carbocycles. The smallest absolute Gasteiger partial charge is 0.289 e. The molecule has 1 N–H and O–H groups in total. The number of carbonyl (C=O) groups excluding carboxylic acids is 1. The third kappa shape index (κ3) is 3.82. The summed E-state index contributed by atoms with van der Waals surface area (Å²) in [7, 11) is 0. The van der Waals surface area contributed by atoms with E-state index in [1.54, 1.807) is 12.1 Å². The summed E-state index contributed by atoms with van der Waals surface area (Å²) in [5.74, 6) is -2.50. The van der Waals surface area contributed by atoms with Gasteiger partial charge in [0.2, 0.25) is 5.91 Å². The van der Waals surface area contributed by atoms with Gasteiger partial charge in [0.1, 0.15) is 12.4 Å². The van der Waals surface area contributed by atoms with E-state index in [0.29, 0.717) is 18.2 Å². The van der Waals surface area contributed by atoms with Gasteiger partial charge < -0.3 is 10.1 Å². The van der Waals surface area contributed by atoms with Crippen molar-refractivity contribution in [1.82, 2.24) is 0 Å². The number of hydrogen-bond donors (Lipinski definition) is 1. The number of para-hydroxylation sites is 1. The van der Waals surface area contributed by atoms with E-state index < -0.39 is 5.76 Å². The SMILES string of the molecule is O=C(Nc1cccc(Cl)c1SC(F)F)C1COc2ccccc2C1. The van der Waals surface area contributed by atoms with Gasteiger partial charge in [-0.25, -0.2) is 0 Å². The van der Waals surface area contributed by atoms with Gasteiger partial charge in [-0.05, 0) is 30.2 Å². The molecule has 1 heterocycles. The molecule has 0 saturated heterocycles. The van der Waals surface area contributed by atoms with Gasteiger partial charge in [-0.1, -0.05) is 47.6 Å². The summed E-state index contributed by atoms with van der Waals surface area (Å²) in [5.41, 5.74) is 1.24. The third-order valence-electron chi connectivity index (χ3n) is 3.68. The lowest BCUT2D eigenvalue weighted by atomic mass is 9.96. The zero-order valence-corrected chi connectivity index (χ0v) is 14.0. The molecule has 1 aliphatic rings. The van der Waals surface area contributed by atoms with Crippen molar-refractivity contribution in [2.45, 2.75) is 17.1 Å². The molecule has 1 aliphatic heterocycles. The molecule has 24 heavy (non-hydrogen) atoms. The van der Waals surface area contributed by atoms with Crippen LogP contribution in [0.5, 0.6) is 5.75 Å². The van der Waals surface area contributed by atoms with Crippen molar-refractivity contribution in [2.24, 2.45) is 5.92 Å². The quantitative estimate of drug-likeness (QED) is 0.783. The summed E-state index contributed by atoms with van der Waals surface area (Å²) < 4.78 is 31.0. The first-order chi connectivity index (χ1) is 11.5. The molecular weight excluding hydrogens is 356 g/mol. The maximum Gasteiger partial charge on any atom is 0.289 e. The van der Waals surface area contributed by atoms with Crippen LogP contribution in [0.2, 0.25) is 5.02 Å². The minimum Gasteiger partial charge on any atom is -0.492 e. The monoisotopic (exact) mass is 369 g/mol. The molecule has 1 atom stereocenters. The van der Waals surface area contributed by atoms with Crippen molar-refractivity contribution < 1.29 is 18.3 Å². The summed E-state index contributed by atoms with van der Waals surface area (Å²) in [6.45, 7) is 0.251. The number of nitrogens with one attached hydrogen (secondary N) is 1. The Morgan fingerprint density at radius 2 is 2.04 bits per heavy atom. The van der Waals surface area contributed by atoms with E-state index >= 15 is 0 Å². The van der Waals surface area contributed by atoms with Gasteiger partial charge in [0.15, 0.2) is 0 Å². The Kier molecular flexibility index (Phi) is 5.26. The molecule has 0 radical (unpaired) electrons. The Balaban J connectivity index is 1.75. The topological polar surface area (TPSA) is 38.3 Å². The normalized spacial score (nSPS) is 16.4. The maximum absolute atomic E-state index is 12.7. The minimum atomic E-state index is -2.62. The van der Waals surface area contributed by atoms with Crippen molar-refractivity contribution >= 4 is 35.0 Å². The molecule has 0 saturated carbocycles. The highest BCUT2D eigenvalue weighted by molar-refractivity contribution is 7.99. The highest BCUT2D eigenvalue weighted by atomic mass is 35.5. The number of benzene rings is 2. The lowest BCUT2D eigenvalue weighted by molar-refractivity contribution is -0.121. The van der Waals surface area contributed by atoms with Crippen LogP contribution in [0.15, 0.2) is 47.4 Å². The lowest BCUT2D eigenvalue weighted by Crippen LogP contribution is -2.32. The number of rotatable bonds is 4. The van der Waals surface area contributed by atoms with Gasteiger partial charge in [0.05, 0.1) is 21.5 Å². The molecule has 0 bridgehead atoms. The van der Waals surface area contributed by atoms with Gasteiger partial charge in [-0.2, -0.15) is 8.78 Å². The van der Waals surface area contributed by atoms with Crippen LogP contribution in [0.25, 0.3) is 0 Å². The Morgan fingerprint density at radius 3 is 2.83 bits per heavy atom. The fraction of sp³-hybridized carbons (Fsp3) is 0.235. The first-order valence-electron chi connectivity index (χ1n) is 7.29. The second kappa shape index (κ2) is 7.40. The second-order valence-corrected chi connectivity index (χ2v) is 6.71. The number of alkyl halides is 2. The molecule has 2 aromatic rings. The van der Waals surface area contributed by atoms with Crippen molar-refractivity contribution in [3.05, 3.63) is 53.1 Å². The number of thioether (sulfide) groups is 1. The van der Waals surface area contributed by atoms with Crippen LogP contribution in [0, 0.1) is 5.92 Å². The number of ether oxygens (including phenoxy) is 1. The van der Waals surface area contributed by atoms with E-state index in [4.69, 9.17) is 16.3 Å². The first kappa shape index (κ1) is 17.0. The Bertz CT molecular complexity index is 757. The van der Waals surface area contributed by atoms with Gasteiger partial charge >= 0.3 is 0 Å². The molecule has 3 rings (SSSR count). The van der Waals surface area contributed by atoms with Crippen molar-refractivity contribution in [3.63, 3.8) is 0 Å². The first-order valence-corrected chi connectivity index (χ1v) is 8.55. The van der Waals surface area contributed by atoms with Crippen molar-refractivity contribution in [2.75, 3.05) is 11.9 Å². The number of carbonyl (C=O) groups is 1. The molecule has 1 unspecified atom stereocenters. The van der Waals surface area contributed by atoms with E-state index in [9.17, 15) is 13.6 Å². The van der Waals surface area contributed by atoms with Crippen LogP contribution in [-0.2, 0) is 11.2 Å². The summed E-state index contributed by atoms with van der Waals surface area (Å²) in [4.78, 5) is 12.7. The summed E-state index contributed by atoms with van der Waals surface area (Å²) in [6, 6.07) is 12.2. The van der Waals surface area contributed by atoms with E-state index in [1.165, 1.54) is 6.07 Å². The van der Waals surface area contributed by atoms with E-state index in [1.807, 2.05) is 24.3 Å². The largest absolute Gasteiger partial charge is 0.492 e. The number of fused-ring (bicyclic) bond motifs is 1. The maximum atomic E-state index is 12.7. The fourth-order valence-electron chi connectivity index (χ4n) is 2.55. The van der Waals surface area contributed by atoms with Crippen LogP contribution < -0.4 is 10.1 Å². The molecule has 126 valence electrons. The summed E-state index contributed by atoms with van der Waals surface area (Å²) in [5, 5.41) is 2.88. The third-order valence-corrected chi connectivity index (χ3v) is 4.96. The van der Waals surface area contributed by atoms with Gasteiger partial charge in [-0.3, -0.25) is 4.79 Å². The Labute approximate surface area is 147 Å². The molecule has 0 fully saturated rings. The van der Waals surface area contributed by atoms with E-state index in [2.05, 4.69) is 5.32 Å². The molecule has 1 amide bonds. The average molecular weight is 370 g/mol. The highest BCUT2D eigenvalue weighted by Gasteiger charge is 2.26. The standard InChI is InChI=1S/C17H14ClF2NO2S/c18-12-5-3-6-13(15(12)24-17(19)20)21-16(22)11-8-10-4-1-2-7-14(10)23-9-11/h1-7,11,17H,8-9H2,(H,21,22). The van der Waals surface area contributed by atoms with Crippen molar-refractivity contribution in [1.29, 1.82) is 0 Å². The molecule has 0 spiro atoms. The fourth-order valence-corrected chi connectivity index (χ4v) is 3.46. The average Bonchev–Trinajstić information content (AvgIpc) is 2.57. The van der Waals surface area contributed by atoms with Crippen LogP contribution in [0.3, 0.4) is 0 Å². The van der Waals surface area contributed by atoms with Crippen LogP contribution in [0.4, 0.5) is 14.5 Å². The van der Waals surface area contributed by atoms with Gasteiger partial charge in [0.25, 0.3) is 5.76 Å². The predicted octanol–water partition coefficient (Wildman–Crippen LogP) is 4.84. The van der Waals surface area contributed by atoms with Gasteiger partial charge in [-0.15, -0.1) is 0 Å². The molecule has 2 aromatic carbocycles. The van der Waals surface area contributed by atoms with Crippen molar-refractivity contribution in [3.8, 4) is 5.75 Å². The lowest BCUT2D eigenvalue weighted by Gasteiger charge is -2.25. The van der Waals surface area contributed by atoms with Gasteiger partial charge in [0, 0.05) is 0 Å². The Morgan fingerprint density at radius 1 is 1.25 bits per heavy atom. The summed E-state index contributed by atoms with van der Waals surface area (Å²) >= 11 is 6.30. The van der Waals surface area contributed by atoms with Crippen LogP contribution in [-0.4, -0.2) is 18.3 Å². The number of amides is 1. The molecular formula is C17H14ClF2NO2S.